The van der Waals surface area contributed by atoms with Crippen molar-refractivity contribution in [2.75, 3.05) is 7.11 Å². The third-order valence-corrected chi connectivity index (χ3v) is 6.85. The summed E-state index contributed by atoms with van der Waals surface area (Å²) in [4.78, 5) is 15.5. The van der Waals surface area contributed by atoms with Gasteiger partial charge in [-0.2, -0.15) is 0 Å². The Morgan fingerprint density at radius 1 is 1.07 bits per heavy atom. The van der Waals surface area contributed by atoms with E-state index in [9.17, 15) is 9.90 Å². The Balaban J connectivity index is 0.000000809. The molecule has 6 nitrogen and oxygen atoms in total. The molecule has 1 unspecified atom stereocenters. The number of benzene rings is 2. The number of carbonyl (C=O) groups is 1. The van der Waals surface area contributed by atoms with Crippen molar-refractivity contribution in [1.82, 2.24) is 10.3 Å². The van der Waals surface area contributed by atoms with E-state index >= 15 is 0 Å². The molecule has 1 saturated carbocycles. The Morgan fingerprint density at radius 3 is 2.48 bits per heavy atom. The van der Waals surface area contributed by atoms with Crippen molar-refractivity contribution in [1.29, 1.82) is 0 Å². The van der Waals surface area contributed by atoms with Gasteiger partial charge < -0.3 is 19.9 Å². The van der Waals surface area contributed by atoms with E-state index in [-0.39, 0.29) is 6.10 Å². The van der Waals surface area contributed by atoms with Gasteiger partial charge in [0.1, 0.15) is 11.9 Å². The zero-order valence-corrected chi connectivity index (χ0v) is 25.0. The van der Waals surface area contributed by atoms with E-state index in [0.717, 1.165) is 47.4 Å². The van der Waals surface area contributed by atoms with Crippen molar-refractivity contribution in [3.05, 3.63) is 77.0 Å². The summed E-state index contributed by atoms with van der Waals surface area (Å²) >= 11 is 0. The van der Waals surface area contributed by atoms with Crippen LogP contribution in [0.2, 0.25) is 0 Å². The molecule has 0 spiro atoms. The smallest absolute Gasteiger partial charge is 0.306 e. The third-order valence-electron chi connectivity index (χ3n) is 6.85. The van der Waals surface area contributed by atoms with Gasteiger partial charge in [-0.3, -0.25) is 4.79 Å². The maximum absolute atomic E-state index is 11.3. The molecule has 40 heavy (non-hydrogen) atoms. The highest BCUT2D eigenvalue weighted by Gasteiger charge is 2.23. The summed E-state index contributed by atoms with van der Waals surface area (Å²) < 4.78 is 11.8. The zero-order chi connectivity index (χ0) is 29.1. The van der Waals surface area contributed by atoms with Crippen molar-refractivity contribution in [2.24, 2.45) is 5.92 Å². The summed E-state index contributed by atoms with van der Waals surface area (Å²) in [6.45, 7) is 10.8. The fraction of sp³-hybridized carbons (Fsp3) is 0.471. The number of hydrogen-bond donors (Lipinski definition) is 2. The lowest BCUT2D eigenvalue weighted by Crippen LogP contribution is -2.22. The summed E-state index contributed by atoms with van der Waals surface area (Å²) in [6, 6.07) is 17.0. The molecule has 1 fully saturated rings. The van der Waals surface area contributed by atoms with Crippen LogP contribution in [0, 0.1) is 5.92 Å². The Kier molecular flexibility index (Phi) is 12.0. The topological polar surface area (TPSA) is 80.7 Å². The zero-order valence-electron chi connectivity index (χ0n) is 25.0. The van der Waals surface area contributed by atoms with Crippen molar-refractivity contribution in [3.63, 3.8) is 0 Å². The quantitative estimate of drug-likeness (QED) is 0.285. The van der Waals surface area contributed by atoms with Gasteiger partial charge in [0.15, 0.2) is 0 Å². The molecule has 0 saturated heterocycles. The fourth-order valence-corrected chi connectivity index (χ4v) is 4.46. The van der Waals surface area contributed by atoms with E-state index in [2.05, 4.69) is 48.4 Å². The molecular formula is C34H46N2O4. The van der Waals surface area contributed by atoms with Crippen LogP contribution >= 0.6 is 0 Å². The summed E-state index contributed by atoms with van der Waals surface area (Å²) in [5.74, 6) is 0.245. The van der Waals surface area contributed by atoms with Crippen LogP contribution in [0.4, 0.5) is 0 Å². The van der Waals surface area contributed by atoms with Crippen molar-refractivity contribution in [2.45, 2.75) is 91.8 Å². The van der Waals surface area contributed by atoms with E-state index in [1.54, 1.807) is 20.2 Å². The summed E-state index contributed by atoms with van der Waals surface area (Å²) in [5.41, 5.74) is 6.71. The molecule has 0 bridgehead atoms. The van der Waals surface area contributed by atoms with Crippen LogP contribution in [0.1, 0.15) is 88.7 Å². The lowest BCUT2D eigenvalue weighted by molar-refractivity contribution is -0.141. The second-order valence-corrected chi connectivity index (χ2v) is 10.6. The van der Waals surface area contributed by atoms with Crippen LogP contribution in [0.5, 0.6) is 11.6 Å². The molecule has 3 aromatic rings. The summed E-state index contributed by atoms with van der Waals surface area (Å²) in [6.07, 6.45) is 8.54. The molecule has 2 heterocycles. The second kappa shape index (κ2) is 15.4. The predicted molar refractivity (Wildman–Crippen MR) is 162 cm³/mol. The first-order chi connectivity index (χ1) is 19.3. The van der Waals surface area contributed by atoms with Gasteiger partial charge in [-0.25, -0.2) is 4.98 Å². The Labute approximate surface area is 240 Å². The second-order valence-electron chi connectivity index (χ2n) is 10.6. The van der Waals surface area contributed by atoms with Gasteiger partial charge >= 0.3 is 5.97 Å². The van der Waals surface area contributed by atoms with Gasteiger partial charge in [-0.1, -0.05) is 84.2 Å². The maximum Gasteiger partial charge on any atom is 0.306 e. The minimum absolute atomic E-state index is 0.0477. The minimum Gasteiger partial charge on any atom is -0.485 e. The number of carboxylic acids is 1. The number of ether oxygens (including phenoxy) is 2. The molecule has 2 atom stereocenters. The number of aryl methyl sites for hydroxylation is 1. The Bertz CT molecular complexity index is 1240. The number of aromatic nitrogens is 1. The van der Waals surface area contributed by atoms with Crippen LogP contribution in [-0.4, -0.2) is 29.2 Å². The molecule has 2 aromatic carbocycles. The van der Waals surface area contributed by atoms with Crippen LogP contribution in [0.25, 0.3) is 11.1 Å². The largest absolute Gasteiger partial charge is 0.485 e. The lowest BCUT2D eigenvalue weighted by Gasteiger charge is -2.28. The highest BCUT2D eigenvalue weighted by atomic mass is 16.5. The SMILES string of the molecule is C1CC1.CC.COc1cc(-c2ccc([C@@H]3CCc4ccc(CC(C)C(=O)O)cc4O3)cc2CNC(C)C)ccn1. The van der Waals surface area contributed by atoms with Crippen molar-refractivity contribution >= 4 is 5.97 Å². The molecule has 1 aromatic heterocycles. The fourth-order valence-electron chi connectivity index (χ4n) is 4.46. The molecule has 1 aliphatic carbocycles. The van der Waals surface area contributed by atoms with Gasteiger partial charge in [-0.05, 0) is 64.8 Å². The third kappa shape index (κ3) is 9.09. The Morgan fingerprint density at radius 2 is 1.82 bits per heavy atom. The highest BCUT2D eigenvalue weighted by Crippen LogP contribution is 2.37. The molecule has 2 N–H and O–H groups in total. The average molecular weight is 547 g/mol. The molecule has 216 valence electrons. The highest BCUT2D eigenvalue weighted by molar-refractivity contribution is 5.70. The standard InChI is InChI=1S/C29H34N2O4.C3H6.C2H6/c1-18(2)31-17-24-15-23(7-9-25(24)22-11-12-30-28(16-22)34-4)26-10-8-21-6-5-20(14-27(21)35-26)13-19(3)29(32)33;1-2-3-1;1-2/h5-7,9,11-12,14-16,18-19,26,31H,8,10,13,17H2,1-4H3,(H,32,33);1-3H2;1-2H3/t19?,26-;;/m0../s1. The summed E-state index contributed by atoms with van der Waals surface area (Å²) in [7, 11) is 1.63. The van der Waals surface area contributed by atoms with Gasteiger partial charge in [0.25, 0.3) is 0 Å². The number of methoxy groups -OCH3 is 1. The number of hydrogen-bond acceptors (Lipinski definition) is 5. The molecule has 0 amide bonds. The monoisotopic (exact) mass is 546 g/mol. The van der Waals surface area contributed by atoms with Crippen molar-refractivity contribution in [3.8, 4) is 22.8 Å². The normalized spacial score (nSPS) is 15.8. The van der Waals surface area contributed by atoms with E-state index in [1.165, 1.54) is 30.4 Å². The molecule has 1 aliphatic heterocycles. The van der Waals surface area contributed by atoms with Crippen LogP contribution in [0.3, 0.4) is 0 Å². The molecule has 5 rings (SSSR count). The first-order valence-electron chi connectivity index (χ1n) is 14.7. The van der Waals surface area contributed by atoms with Crippen LogP contribution < -0.4 is 14.8 Å². The van der Waals surface area contributed by atoms with E-state index in [1.807, 2.05) is 38.1 Å². The van der Waals surface area contributed by atoms with Gasteiger partial charge in [0.2, 0.25) is 5.88 Å². The van der Waals surface area contributed by atoms with Gasteiger partial charge in [0, 0.05) is 24.8 Å². The van der Waals surface area contributed by atoms with E-state index in [0.29, 0.717) is 18.3 Å². The maximum atomic E-state index is 11.3. The molecular weight excluding hydrogens is 500 g/mol. The molecule has 0 radical (unpaired) electrons. The first kappa shape index (κ1) is 31.2. The number of nitrogens with zero attached hydrogens (tertiary/aromatic N) is 1. The first-order valence-corrected chi connectivity index (χ1v) is 14.7. The number of carboxylic acid groups (broad SMARTS) is 1. The van der Waals surface area contributed by atoms with E-state index < -0.39 is 11.9 Å². The molecule has 6 heteroatoms. The number of rotatable bonds is 9. The lowest BCUT2D eigenvalue weighted by atomic mass is 9.91. The molecule has 2 aliphatic rings. The van der Waals surface area contributed by atoms with Gasteiger partial charge in [-0.15, -0.1) is 0 Å². The summed E-state index contributed by atoms with van der Waals surface area (Å²) in [5, 5.41) is 12.8. The number of nitrogens with one attached hydrogen (secondary N) is 1. The van der Waals surface area contributed by atoms with E-state index in [4.69, 9.17) is 9.47 Å². The number of pyridine rings is 1. The minimum atomic E-state index is -0.782. The van der Waals surface area contributed by atoms with Crippen molar-refractivity contribution < 1.29 is 19.4 Å². The predicted octanol–water partition coefficient (Wildman–Crippen LogP) is 7.78. The number of aliphatic carboxylic acids is 1. The average Bonchev–Trinajstić information content (AvgIpc) is 3.86. The Hall–Kier alpha value is -3.38. The number of fused-ring (bicyclic) bond motifs is 1. The van der Waals surface area contributed by atoms with Gasteiger partial charge in [0.05, 0.1) is 13.0 Å². The van der Waals surface area contributed by atoms with Crippen LogP contribution in [0.15, 0.2) is 54.7 Å². The van der Waals surface area contributed by atoms with Crippen LogP contribution in [-0.2, 0) is 24.2 Å².